The Kier molecular flexibility index (Phi) is 6.07. The van der Waals surface area contributed by atoms with Crippen LogP contribution in [0, 0.1) is 6.92 Å². The Hall–Kier alpha value is -2.60. The van der Waals surface area contributed by atoms with E-state index in [9.17, 15) is 35.9 Å². The number of carbonyl (C=O) groups is 2. The third kappa shape index (κ3) is 4.69. The minimum absolute atomic E-state index is 0.130. The second-order valence-corrected chi connectivity index (χ2v) is 7.64. The van der Waals surface area contributed by atoms with E-state index >= 15 is 0 Å². The number of piperidine rings is 1. The van der Waals surface area contributed by atoms with Crippen LogP contribution in [0.25, 0.3) is 0 Å². The predicted molar refractivity (Wildman–Crippen MR) is 93.0 cm³/mol. The molecule has 0 aromatic carbocycles. The molecule has 2 aliphatic heterocycles. The van der Waals surface area contributed by atoms with E-state index in [0.29, 0.717) is 30.6 Å². The molecule has 172 valence electrons. The first-order valence-corrected chi connectivity index (χ1v) is 9.53. The number of halogens is 6. The molecule has 1 aromatic rings. The number of hydrogen-bond acceptors (Lipinski definition) is 5. The van der Waals surface area contributed by atoms with E-state index in [1.54, 1.807) is 11.8 Å². The molecule has 0 N–H and O–H groups in total. The smallest absolute Gasteiger partial charge is 0.426 e. The van der Waals surface area contributed by atoms with Gasteiger partial charge in [0.15, 0.2) is 0 Å². The maximum atomic E-state index is 13.0. The van der Waals surface area contributed by atoms with Crippen molar-refractivity contribution >= 4 is 12.0 Å². The van der Waals surface area contributed by atoms with Crippen LogP contribution in [0.3, 0.4) is 0 Å². The van der Waals surface area contributed by atoms with Crippen LogP contribution in [0.5, 0.6) is 0 Å². The van der Waals surface area contributed by atoms with Crippen LogP contribution < -0.4 is 0 Å². The number of hydrogen-bond donors (Lipinski definition) is 0. The summed E-state index contributed by atoms with van der Waals surface area (Å²) in [4.78, 5) is 35.3. The molecule has 2 amide bonds. The maximum Gasteiger partial charge on any atom is 0.434 e. The Balaban J connectivity index is 1.68. The molecule has 2 saturated heterocycles. The van der Waals surface area contributed by atoms with E-state index in [1.165, 1.54) is 12.5 Å². The van der Waals surface area contributed by atoms with E-state index in [2.05, 4.69) is 14.7 Å². The van der Waals surface area contributed by atoms with Crippen molar-refractivity contribution in [3.05, 3.63) is 23.8 Å². The lowest BCUT2D eigenvalue weighted by Crippen LogP contribution is -2.56. The number of alkyl halides is 6. The third-order valence-electron chi connectivity index (χ3n) is 5.75. The number of rotatable bonds is 2. The number of aryl methyl sites for hydroxylation is 1. The predicted octanol–water partition coefficient (Wildman–Crippen LogP) is 3.49. The molecule has 0 radical (unpaired) electrons. The molecule has 2 aliphatic rings. The Bertz CT molecular complexity index is 822. The van der Waals surface area contributed by atoms with Gasteiger partial charge in [-0.1, -0.05) is 0 Å². The number of ether oxygens (including phenoxy) is 1. The SMILES string of the molecule is Cc1ncncc1C(=O)N1CCCC12CCN(C(=O)OC(C(F)(F)F)C(F)(F)F)CC2. The van der Waals surface area contributed by atoms with Crippen LogP contribution in [-0.4, -0.2) is 75.4 Å². The van der Waals surface area contributed by atoms with E-state index < -0.39 is 30.1 Å². The summed E-state index contributed by atoms with van der Waals surface area (Å²) < 4.78 is 79.7. The van der Waals surface area contributed by atoms with Crippen molar-refractivity contribution in [2.75, 3.05) is 19.6 Å². The standard InChI is InChI=1S/C18H20F6N4O3/c1-11-12(9-25-10-26-11)13(29)28-6-2-3-16(28)4-7-27(8-5-16)15(30)31-14(17(19,20)21)18(22,23)24/h9-10,14H,2-8H2,1H3. The molecule has 1 aromatic heterocycles. The summed E-state index contributed by atoms with van der Waals surface area (Å²) in [6.07, 6.45) is -13.0. The summed E-state index contributed by atoms with van der Waals surface area (Å²) in [6.45, 7) is 1.85. The van der Waals surface area contributed by atoms with E-state index in [0.717, 1.165) is 4.90 Å². The molecule has 13 heteroatoms. The van der Waals surface area contributed by atoms with Gasteiger partial charge >= 0.3 is 18.4 Å². The lowest BCUT2D eigenvalue weighted by atomic mass is 9.84. The Morgan fingerprint density at radius 3 is 2.23 bits per heavy atom. The summed E-state index contributed by atoms with van der Waals surface area (Å²) >= 11 is 0. The maximum absolute atomic E-state index is 13.0. The fourth-order valence-electron chi connectivity index (χ4n) is 4.12. The van der Waals surface area contributed by atoms with Gasteiger partial charge in [-0.3, -0.25) is 4.79 Å². The zero-order valence-corrected chi connectivity index (χ0v) is 16.5. The zero-order chi connectivity index (χ0) is 23.0. The monoisotopic (exact) mass is 454 g/mol. The molecular formula is C18H20F6N4O3. The molecule has 0 saturated carbocycles. The van der Waals surface area contributed by atoms with Crippen molar-refractivity contribution in [2.24, 2.45) is 0 Å². The molecule has 31 heavy (non-hydrogen) atoms. The van der Waals surface area contributed by atoms with Gasteiger partial charge in [-0.2, -0.15) is 26.3 Å². The van der Waals surface area contributed by atoms with Crippen molar-refractivity contribution in [1.82, 2.24) is 19.8 Å². The molecule has 0 aliphatic carbocycles. The zero-order valence-electron chi connectivity index (χ0n) is 16.5. The number of likely N-dealkylation sites (tertiary alicyclic amines) is 2. The average molecular weight is 454 g/mol. The minimum atomic E-state index is -5.77. The fraction of sp³-hybridized carbons (Fsp3) is 0.667. The summed E-state index contributed by atoms with van der Waals surface area (Å²) in [5.74, 6) is -0.291. The number of nitrogens with zero attached hydrogens (tertiary/aromatic N) is 4. The second kappa shape index (κ2) is 8.15. The highest BCUT2D eigenvalue weighted by Gasteiger charge is 2.60. The van der Waals surface area contributed by atoms with Crippen molar-refractivity contribution in [2.45, 2.75) is 56.6 Å². The van der Waals surface area contributed by atoms with Gasteiger partial charge < -0.3 is 14.5 Å². The number of carbonyl (C=O) groups excluding carboxylic acids is 2. The highest BCUT2D eigenvalue weighted by molar-refractivity contribution is 5.95. The average Bonchev–Trinajstić information content (AvgIpc) is 3.07. The molecule has 3 rings (SSSR count). The first kappa shape index (κ1) is 23.1. The number of aromatic nitrogens is 2. The second-order valence-electron chi connectivity index (χ2n) is 7.64. The molecule has 0 atom stereocenters. The van der Waals surface area contributed by atoms with Crippen LogP contribution in [0.1, 0.15) is 41.7 Å². The van der Waals surface area contributed by atoms with Gasteiger partial charge in [-0.15, -0.1) is 0 Å². The van der Waals surface area contributed by atoms with Crippen molar-refractivity contribution in [3.8, 4) is 0 Å². The minimum Gasteiger partial charge on any atom is -0.426 e. The van der Waals surface area contributed by atoms with Crippen LogP contribution in [0.15, 0.2) is 12.5 Å². The normalized spacial score (nSPS) is 19.2. The van der Waals surface area contributed by atoms with Gasteiger partial charge in [0.05, 0.1) is 11.3 Å². The molecule has 1 spiro atoms. The topological polar surface area (TPSA) is 75.6 Å². The number of amides is 2. The van der Waals surface area contributed by atoms with Gasteiger partial charge in [0, 0.05) is 31.4 Å². The van der Waals surface area contributed by atoms with Crippen LogP contribution in [-0.2, 0) is 4.74 Å². The molecule has 0 unspecified atom stereocenters. The molecule has 2 fully saturated rings. The Labute approximate surface area is 173 Å². The highest BCUT2D eigenvalue weighted by Crippen LogP contribution is 2.40. The molecule has 7 nitrogen and oxygen atoms in total. The summed E-state index contributed by atoms with van der Waals surface area (Å²) in [5, 5.41) is 0. The summed E-state index contributed by atoms with van der Waals surface area (Å²) in [7, 11) is 0. The van der Waals surface area contributed by atoms with Crippen LogP contribution in [0.4, 0.5) is 31.1 Å². The lowest BCUT2D eigenvalue weighted by molar-refractivity contribution is -0.308. The van der Waals surface area contributed by atoms with E-state index in [4.69, 9.17) is 0 Å². The lowest BCUT2D eigenvalue weighted by Gasteiger charge is -2.44. The van der Waals surface area contributed by atoms with Crippen LogP contribution in [0.2, 0.25) is 0 Å². The van der Waals surface area contributed by atoms with Gasteiger partial charge in [-0.25, -0.2) is 14.8 Å². The first-order chi connectivity index (χ1) is 14.3. The van der Waals surface area contributed by atoms with E-state index in [1.807, 2.05) is 0 Å². The fourth-order valence-corrected chi connectivity index (χ4v) is 4.12. The molecular weight excluding hydrogens is 434 g/mol. The quantitative estimate of drug-likeness (QED) is 0.640. The van der Waals surface area contributed by atoms with E-state index in [-0.39, 0.29) is 31.8 Å². The molecule has 3 heterocycles. The highest BCUT2D eigenvalue weighted by atomic mass is 19.4. The molecule has 0 bridgehead atoms. The van der Waals surface area contributed by atoms with Crippen LogP contribution >= 0.6 is 0 Å². The largest absolute Gasteiger partial charge is 0.434 e. The van der Waals surface area contributed by atoms with Gasteiger partial charge in [0.25, 0.3) is 12.0 Å². The van der Waals surface area contributed by atoms with Gasteiger partial charge in [0.2, 0.25) is 0 Å². The van der Waals surface area contributed by atoms with Gasteiger partial charge in [-0.05, 0) is 32.6 Å². The Morgan fingerprint density at radius 2 is 1.68 bits per heavy atom. The van der Waals surface area contributed by atoms with Gasteiger partial charge in [0.1, 0.15) is 6.33 Å². The summed E-state index contributed by atoms with van der Waals surface area (Å²) in [6, 6.07) is 0. The van der Waals surface area contributed by atoms with Crippen molar-refractivity contribution in [3.63, 3.8) is 0 Å². The third-order valence-corrected chi connectivity index (χ3v) is 5.75. The summed E-state index contributed by atoms with van der Waals surface area (Å²) in [5.41, 5.74) is 0.182. The first-order valence-electron chi connectivity index (χ1n) is 9.53. The Morgan fingerprint density at radius 1 is 1.06 bits per heavy atom. The van der Waals surface area contributed by atoms with Crippen molar-refractivity contribution in [1.29, 1.82) is 0 Å². The van der Waals surface area contributed by atoms with Crippen molar-refractivity contribution < 1.29 is 40.7 Å².